The van der Waals surface area contributed by atoms with Crippen LogP contribution in [0.15, 0.2) is 72.8 Å². The van der Waals surface area contributed by atoms with Crippen molar-refractivity contribution in [3.8, 4) is 0 Å². The Bertz CT molecular complexity index is 1210. The molecule has 0 bridgehead atoms. The number of nitro benzene ring substituents is 1. The summed E-state index contributed by atoms with van der Waals surface area (Å²) in [5.41, 5.74) is 3.51. The summed E-state index contributed by atoms with van der Waals surface area (Å²) in [5.74, 6) is -0.253. The highest BCUT2D eigenvalue weighted by Gasteiger charge is 2.27. The lowest BCUT2D eigenvalue weighted by molar-refractivity contribution is -0.384. The quantitative estimate of drug-likeness (QED) is 0.513. The van der Waals surface area contributed by atoms with Gasteiger partial charge in [0.25, 0.3) is 5.69 Å². The third kappa shape index (κ3) is 3.20. The van der Waals surface area contributed by atoms with Gasteiger partial charge in [-0.3, -0.25) is 15.5 Å². The van der Waals surface area contributed by atoms with E-state index in [0.717, 1.165) is 27.9 Å². The molecule has 146 valence electrons. The van der Waals surface area contributed by atoms with E-state index in [1.165, 1.54) is 6.07 Å². The molecule has 0 saturated heterocycles. The molecule has 9 heteroatoms. The average molecular weight is 390 g/mol. The van der Waals surface area contributed by atoms with Gasteiger partial charge in [-0.2, -0.15) is 0 Å². The number of hydrogen-bond donors (Lipinski definition) is 2. The summed E-state index contributed by atoms with van der Waals surface area (Å²) in [4.78, 5) is 10.9. The zero-order valence-corrected chi connectivity index (χ0v) is 14.9. The maximum atomic E-state index is 11.6. The zero-order chi connectivity index (χ0) is 20.5. The third-order valence-corrected chi connectivity index (χ3v) is 4.54. The van der Waals surface area contributed by atoms with Gasteiger partial charge >= 0.3 is 0 Å². The highest BCUT2D eigenvalue weighted by atomic mass is 16.8. The summed E-state index contributed by atoms with van der Waals surface area (Å²) < 4.78 is 0. The van der Waals surface area contributed by atoms with Crippen LogP contribution in [0, 0.1) is 20.5 Å². The van der Waals surface area contributed by atoms with E-state index in [0.29, 0.717) is 10.9 Å². The molecule has 3 aromatic carbocycles. The second-order valence-electron chi connectivity index (χ2n) is 6.24. The van der Waals surface area contributed by atoms with Crippen LogP contribution in [0.1, 0.15) is 5.56 Å². The van der Waals surface area contributed by atoms with Crippen LogP contribution >= 0.6 is 0 Å². The van der Waals surface area contributed by atoms with E-state index in [1.807, 2.05) is 42.5 Å². The number of nitrogens with zero attached hydrogens (tertiary/aromatic N) is 3. The SMILES string of the molecule is O=[N+]([O-])c1cc(N([O-])[O-])ccc1N1NC(c2ccccc2)=c2ccccc2=C1O. The van der Waals surface area contributed by atoms with E-state index in [1.54, 1.807) is 12.1 Å². The maximum Gasteiger partial charge on any atom is 0.296 e. The van der Waals surface area contributed by atoms with Gasteiger partial charge in [0.2, 0.25) is 5.88 Å². The van der Waals surface area contributed by atoms with Crippen molar-refractivity contribution in [1.29, 1.82) is 0 Å². The fourth-order valence-electron chi connectivity index (χ4n) is 3.20. The number of rotatable bonds is 4. The Morgan fingerprint density at radius 3 is 2.24 bits per heavy atom. The molecule has 2 N–H and O–H groups in total. The van der Waals surface area contributed by atoms with Crippen molar-refractivity contribution in [2.45, 2.75) is 0 Å². The van der Waals surface area contributed by atoms with Gasteiger partial charge in [-0.1, -0.05) is 48.5 Å². The highest BCUT2D eigenvalue weighted by Crippen LogP contribution is 2.34. The van der Waals surface area contributed by atoms with E-state index >= 15 is 0 Å². The van der Waals surface area contributed by atoms with Gasteiger partial charge in [0, 0.05) is 27.8 Å². The van der Waals surface area contributed by atoms with Gasteiger partial charge < -0.3 is 20.7 Å². The molecule has 0 aliphatic carbocycles. The minimum absolute atomic E-state index is 0.0268. The number of aliphatic hydroxyl groups excluding tert-OH is 1. The molecule has 29 heavy (non-hydrogen) atoms. The molecule has 0 amide bonds. The minimum Gasteiger partial charge on any atom is -0.769 e. The van der Waals surface area contributed by atoms with Gasteiger partial charge in [0.15, 0.2) is 0 Å². The first-order valence-electron chi connectivity index (χ1n) is 8.55. The van der Waals surface area contributed by atoms with Crippen molar-refractivity contribution < 1.29 is 10.0 Å². The normalized spacial score (nSPS) is 13.0. The predicted octanol–water partition coefficient (Wildman–Crippen LogP) is 2.20. The lowest BCUT2D eigenvalue weighted by atomic mass is 10.1. The summed E-state index contributed by atoms with van der Waals surface area (Å²) in [7, 11) is 0. The summed E-state index contributed by atoms with van der Waals surface area (Å²) in [5, 5.41) is 46.1. The van der Waals surface area contributed by atoms with Crippen LogP contribution in [0.25, 0.3) is 11.6 Å². The number of fused-ring (bicyclic) bond motifs is 1. The first-order chi connectivity index (χ1) is 14.0. The lowest BCUT2D eigenvalue weighted by Crippen LogP contribution is -2.50. The van der Waals surface area contributed by atoms with Gasteiger partial charge in [-0.05, 0) is 18.2 Å². The monoisotopic (exact) mass is 390 g/mol. The van der Waals surface area contributed by atoms with Crippen molar-refractivity contribution in [3.05, 3.63) is 109 Å². The fraction of sp³-hybridized carbons (Fsp3) is 0. The van der Waals surface area contributed by atoms with Crippen LogP contribution < -0.4 is 26.1 Å². The topological polar surface area (TPSA) is 128 Å². The molecule has 0 aromatic heterocycles. The molecule has 0 unspecified atom stereocenters. The highest BCUT2D eigenvalue weighted by molar-refractivity contribution is 5.80. The first kappa shape index (κ1) is 18.3. The second-order valence-corrected chi connectivity index (χ2v) is 6.24. The molecule has 0 atom stereocenters. The van der Waals surface area contributed by atoms with Crippen LogP contribution in [0.3, 0.4) is 0 Å². The summed E-state index contributed by atoms with van der Waals surface area (Å²) >= 11 is 0. The molecule has 0 saturated carbocycles. The molecular weight excluding hydrogens is 376 g/mol. The van der Waals surface area contributed by atoms with Crippen LogP contribution in [0.4, 0.5) is 17.1 Å². The van der Waals surface area contributed by atoms with E-state index < -0.39 is 21.5 Å². The molecule has 0 radical (unpaired) electrons. The van der Waals surface area contributed by atoms with Crippen molar-refractivity contribution in [3.63, 3.8) is 0 Å². The number of aliphatic hydroxyl groups is 1. The number of nitro groups is 1. The van der Waals surface area contributed by atoms with Crippen LogP contribution in [0.5, 0.6) is 0 Å². The second kappa shape index (κ2) is 7.15. The number of nitrogens with one attached hydrogen (secondary N) is 1. The largest absolute Gasteiger partial charge is 0.769 e. The standard InChI is InChI=1S/C20H14N4O5/c25-20-16-9-5-4-8-15(16)19(13-6-2-1-3-7-13)21-22(20)17-11-10-14(23(26)27)12-18(17)24(28)29/h1-12,21,25H/q-2. The van der Waals surface area contributed by atoms with Gasteiger partial charge in [-0.25, -0.2) is 5.01 Å². The Kier molecular flexibility index (Phi) is 4.51. The van der Waals surface area contributed by atoms with Crippen LogP contribution in [-0.4, -0.2) is 10.0 Å². The predicted molar refractivity (Wildman–Crippen MR) is 109 cm³/mol. The number of anilines is 2. The average Bonchev–Trinajstić information content (AvgIpc) is 2.74. The molecule has 0 fully saturated rings. The smallest absolute Gasteiger partial charge is 0.296 e. The molecule has 0 spiro atoms. The molecular formula is C20H14N4O5-2. The molecule has 1 heterocycles. The van der Waals surface area contributed by atoms with Crippen LogP contribution in [0.2, 0.25) is 0 Å². The number of hydrogen-bond acceptors (Lipinski definition) is 8. The lowest BCUT2D eigenvalue weighted by Gasteiger charge is -2.37. The molecule has 9 nitrogen and oxygen atoms in total. The van der Waals surface area contributed by atoms with Gasteiger partial charge in [-0.15, -0.1) is 0 Å². The van der Waals surface area contributed by atoms with Gasteiger partial charge in [0.05, 0.1) is 10.6 Å². The molecule has 1 aliphatic heterocycles. The van der Waals surface area contributed by atoms with Crippen molar-refractivity contribution in [2.75, 3.05) is 10.2 Å². The Morgan fingerprint density at radius 1 is 0.931 bits per heavy atom. The Hall–Kier alpha value is -4.08. The van der Waals surface area contributed by atoms with Crippen molar-refractivity contribution in [1.82, 2.24) is 5.43 Å². The molecule has 4 rings (SSSR count). The first-order valence-corrected chi connectivity index (χ1v) is 8.55. The van der Waals surface area contributed by atoms with E-state index in [4.69, 9.17) is 0 Å². The summed E-state index contributed by atoms with van der Waals surface area (Å²) in [6.07, 6.45) is 0. The Balaban J connectivity index is 1.95. The minimum atomic E-state index is -0.722. The number of hydrazine groups is 1. The van der Waals surface area contributed by atoms with E-state index in [9.17, 15) is 25.6 Å². The fourth-order valence-corrected chi connectivity index (χ4v) is 3.20. The zero-order valence-electron chi connectivity index (χ0n) is 14.9. The third-order valence-electron chi connectivity index (χ3n) is 4.54. The Labute approximate surface area is 164 Å². The summed E-state index contributed by atoms with van der Waals surface area (Å²) in [6, 6.07) is 19.6. The molecule has 3 aromatic rings. The Morgan fingerprint density at radius 2 is 1.59 bits per heavy atom. The van der Waals surface area contributed by atoms with E-state index in [-0.39, 0.29) is 11.6 Å². The molecule has 1 aliphatic rings. The van der Waals surface area contributed by atoms with Crippen molar-refractivity contribution in [2.24, 2.45) is 0 Å². The van der Waals surface area contributed by atoms with Gasteiger partial charge in [0.1, 0.15) is 5.69 Å². The van der Waals surface area contributed by atoms with E-state index in [2.05, 4.69) is 5.43 Å². The van der Waals surface area contributed by atoms with Crippen LogP contribution in [-0.2, 0) is 0 Å². The summed E-state index contributed by atoms with van der Waals surface area (Å²) in [6.45, 7) is 0. The maximum absolute atomic E-state index is 11.6. The van der Waals surface area contributed by atoms with Crippen molar-refractivity contribution >= 4 is 28.6 Å². The number of benzene rings is 3.